The highest BCUT2D eigenvalue weighted by Crippen LogP contribution is 2.29. The normalized spacial score (nSPS) is 16.7. The molecule has 0 bridgehead atoms. The lowest BCUT2D eigenvalue weighted by atomic mass is 9.89. The van der Waals surface area contributed by atoms with Crippen LogP contribution in [0.4, 0.5) is 8.78 Å². The van der Waals surface area contributed by atoms with E-state index in [1.54, 1.807) is 24.3 Å². The quantitative estimate of drug-likeness (QED) is 0.224. The van der Waals surface area contributed by atoms with E-state index in [0.29, 0.717) is 11.1 Å². The van der Waals surface area contributed by atoms with Crippen molar-refractivity contribution in [2.75, 3.05) is 52.9 Å². The van der Waals surface area contributed by atoms with E-state index < -0.39 is 5.92 Å². The van der Waals surface area contributed by atoms with Crippen LogP contribution >= 0.6 is 0 Å². The predicted molar refractivity (Wildman–Crippen MR) is 168 cm³/mol. The molecule has 2 fully saturated rings. The third-order valence-electron chi connectivity index (χ3n) is 8.75. The van der Waals surface area contributed by atoms with Crippen LogP contribution in [0.15, 0.2) is 78.9 Å². The van der Waals surface area contributed by atoms with Gasteiger partial charge in [0.1, 0.15) is 17.4 Å². The van der Waals surface area contributed by atoms with Gasteiger partial charge in [-0.25, -0.2) is 8.78 Å². The zero-order valence-corrected chi connectivity index (χ0v) is 25.1. The monoisotopic (exact) mass is 587 g/mol. The fourth-order valence-electron chi connectivity index (χ4n) is 6.16. The number of likely N-dealkylation sites (N-methyl/N-ethyl adjacent to an activating group) is 1. The minimum absolute atomic E-state index is 0.0596. The first-order valence-corrected chi connectivity index (χ1v) is 15.6. The second-order valence-electron chi connectivity index (χ2n) is 11.7. The molecular formula is C36H43F2N3O2. The molecule has 2 saturated heterocycles. The fraction of sp³-hybridized carbons (Fsp3) is 0.417. The fourth-order valence-corrected chi connectivity index (χ4v) is 6.16. The molecule has 2 aliphatic rings. The molecule has 0 N–H and O–H groups in total. The number of benzene rings is 3. The number of carbonyl (C=O) groups is 1. The van der Waals surface area contributed by atoms with Crippen molar-refractivity contribution in [2.24, 2.45) is 0 Å². The molecule has 228 valence electrons. The molecule has 3 aromatic rings. The van der Waals surface area contributed by atoms with Crippen LogP contribution < -0.4 is 4.74 Å². The zero-order valence-electron chi connectivity index (χ0n) is 25.1. The SMILES string of the molecule is CN(C(=O)C(c1ccc(F)cc1)c1ccc(F)cc1)C1CCN(C/C=C/c2ccc(OCCCN3CCCC3)cc2)CC1. The van der Waals surface area contributed by atoms with E-state index in [-0.39, 0.29) is 23.6 Å². The predicted octanol–water partition coefficient (Wildman–Crippen LogP) is 6.60. The molecule has 5 nitrogen and oxygen atoms in total. The zero-order chi connectivity index (χ0) is 30.0. The molecule has 2 heterocycles. The Labute approximate surface area is 254 Å². The lowest BCUT2D eigenvalue weighted by Gasteiger charge is -2.38. The van der Waals surface area contributed by atoms with Crippen molar-refractivity contribution in [3.8, 4) is 5.75 Å². The summed E-state index contributed by atoms with van der Waals surface area (Å²) in [7, 11) is 1.85. The number of halogens is 2. The molecule has 0 radical (unpaired) electrons. The third kappa shape index (κ3) is 8.74. The number of ether oxygens (including phenoxy) is 1. The van der Waals surface area contributed by atoms with Crippen LogP contribution in [0.5, 0.6) is 5.75 Å². The Bertz CT molecular complexity index is 1270. The van der Waals surface area contributed by atoms with E-state index in [4.69, 9.17) is 4.74 Å². The number of rotatable bonds is 12. The maximum Gasteiger partial charge on any atom is 0.234 e. The molecule has 2 aliphatic heterocycles. The summed E-state index contributed by atoms with van der Waals surface area (Å²) in [5.74, 6) is -0.461. The van der Waals surface area contributed by atoms with Crippen LogP contribution in [0.1, 0.15) is 54.7 Å². The molecule has 0 saturated carbocycles. The van der Waals surface area contributed by atoms with Crippen LogP contribution in [0, 0.1) is 11.6 Å². The van der Waals surface area contributed by atoms with E-state index >= 15 is 0 Å². The van der Waals surface area contributed by atoms with Crippen LogP contribution in [-0.4, -0.2) is 79.6 Å². The van der Waals surface area contributed by atoms with Crippen LogP contribution in [-0.2, 0) is 4.79 Å². The van der Waals surface area contributed by atoms with Gasteiger partial charge in [-0.3, -0.25) is 9.69 Å². The minimum atomic E-state index is -0.612. The van der Waals surface area contributed by atoms with Gasteiger partial charge in [0.05, 0.1) is 12.5 Å². The number of likely N-dealkylation sites (tertiary alicyclic amines) is 2. The molecule has 0 aromatic heterocycles. The van der Waals surface area contributed by atoms with Gasteiger partial charge in [0.2, 0.25) is 5.91 Å². The number of hydrogen-bond acceptors (Lipinski definition) is 4. The summed E-state index contributed by atoms with van der Waals surface area (Å²) >= 11 is 0. The molecule has 1 amide bonds. The molecule has 0 atom stereocenters. The Morgan fingerprint density at radius 2 is 1.44 bits per heavy atom. The summed E-state index contributed by atoms with van der Waals surface area (Å²) in [6.07, 6.45) is 9.80. The van der Waals surface area contributed by atoms with Gasteiger partial charge in [-0.05, 0) is 98.3 Å². The van der Waals surface area contributed by atoms with Crippen molar-refractivity contribution in [3.05, 3.63) is 107 Å². The van der Waals surface area contributed by atoms with E-state index in [0.717, 1.165) is 63.4 Å². The highest BCUT2D eigenvalue weighted by atomic mass is 19.1. The molecule has 43 heavy (non-hydrogen) atoms. The van der Waals surface area contributed by atoms with Crippen molar-refractivity contribution >= 4 is 12.0 Å². The van der Waals surface area contributed by atoms with Gasteiger partial charge in [0.15, 0.2) is 0 Å². The van der Waals surface area contributed by atoms with Gasteiger partial charge in [-0.2, -0.15) is 0 Å². The van der Waals surface area contributed by atoms with E-state index in [1.165, 1.54) is 50.2 Å². The maximum absolute atomic E-state index is 13.8. The van der Waals surface area contributed by atoms with Gasteiger partial charge in [-0.15, -0.1) is 0 Å². The molecule has 7 heteroatoms. The topological polar surface area (TPSA) is 36.0 Å². The standard InChI is InChI=1S/C36H43F2N3O2/c1-39(36(42)35(29-9-13-31(37)14-10-29)30-11-15-32(38)16-12-30)33-19-25-41(26-20-33)23-4-6-28-7-17-34(18-8-28)43-27-5-24-40-21-2-3-22-40/h4,6-18,33,35H,2-3,5,19-27H2,1H3/b6-4+. The number of amides is 1. The molecule has 3 aromatic carbocycles. The molecular weight excluding hydrogens is 544 g/mol. The summed E-state index contributed by atoms with van der Waals surface area (Å²) in [5.41, 5.74) is 2.55. The third-order valence-corrected chi connectivity index (χ3v) is 8.75. The number of piperidine rings is 1. The summed E-state index contributed by atoms with van der Waals surface area (Å²) in [4.78, 5) is 20.5. The molecule has 0 aliphatic carbocycles. The first kappa shape index (κ1) is 30.9. The van der Waals surface area contributed by atoms with Crippen LogP contribution in [0.2, 0.25) is 0 Å². The first-order valence-electron chi connectivity index (χ1n) is 15.6. The highest BCUT2D eigenvalue weighted by molar-refractivity contribution is 5.87. The van der Waals surface area contributed by atoms with Gasteiger partial charge in [-0.1, -0.05) is 48.6 Å². The van der Waals surface area contributed by atoms with Gasteiger partial charge < -0.3 is 14.5 Å². The second kappa shape index (κ2) is 15.3. The summed E-state index contributed by atoms with van der Waals surface area (Å²) in [6.45, 7) is 6.98. The van der Waals surface area contributed by atoms with E-state index in [2.05, 4.69) is 34.1 Å². The smallest absolute Gasteiger partial charge is 0.234 e. The van der Waals surface area contributed by atoms with E-state index in [9.17, 15) is 13.6 Å². The largest absolute Gasteiger partial charge is 0.494 e. The van der Waals surface area contributed by atoms with Crippen molar-refractivity contribution in [3.63, 3.8) is 0 Å². The van der Waals surface area contributed by atoms with Gasteiger partial charge in [0.25, 0.3) is 0 Å². The summed E-state index contributed by atoms with van der Waals surface area (Å²) < 4.78 is 33.2. The van der Waals surface area contributed by atoms with Crippen molar-refractivity contribution in [1.82, 2.24) is 14.7 Å². The second-order valence-corrected chi connectivity index (χ2v) is 11.7. The number of hydrogen-bond donors (Lipinski definition) is 0. The summed E-state index contributed by atoms with van der Waals surface area (Å²) in [5, 5.41) is 0. The van der Waals surface area contributed by atoms with Crippen molar-refractivity contribution in [2.45, 2.75) is 44.1 Å². The Morgan fingerprint density at radius 3 is 2.02 bits per heavy atom. The maximum atomic E-state index is 13.8. The van der Waals surface area contributed by atoms with E-state index in [1.807, 2.05) is 24.1 Å². The molecule has 0 unspecified atom stereocenters. The van der Waals surface area contributed by atoms with Crippen LogP contribution in [0.25, 0.3) is 6.08 Å². The Balaban J connectivity index is 1.08. The average Bonchev–Trinajstić information content (AvgIpc) is 3.56. The Kier molecular flexibility index (Phi) is 11.0. The molecule has 5 rings (SSSR count). The van der Waals surface area contributed by atoms with Crippen molar-refractivity contribution in [1.29, 1.82) is 0 Å². The number of carbonyl (C=O) groups excluding carboxylic acids is 1. The Hall–Kier alpha value is -3.55. The van der Waals surface area contributed by atoms with Gasteiger partial charge >= 0.3 is 0 Å². The van der Waals surface area contributed by atoms with Crippen LogP contribution in [0.3, 0.4) is 0 Å². The lowest BCUT2D eigenvalue weighted by Crippen LogP contribution is -2.47. The minimum Gasteiger partial charge on any atom is -0.494 e. The first-order chi connectivity index (χ1) is 21.0. The lowest BCUT2D eigenvalue weighted by molar-refractivity contribution is -0.133. The Morgan fingerprint density at radius 1 is 0.860 bits per heavy atom. The average molecular weight is 588 g/mol. The van der Waals surface area contributed by atoms with Crippen molar-refractivity contribution < 1.29 is 18.3 Å². The van der Waals surface area contributed by atoms with Gasteiger partial charge in [0, 0.05) is 39.3 Å². The number of nitrogens with zero attached hydrogens (tertiary/aromatic N) is 3. The molecule has 0 spiro atoms. The highest BCUT2D eigenvalue weighted by Gasteiger charge is 2.31. The summed E-state index contributed by atoms with van der Waals surface area (Å²) in [6, 6.07) is 20.4.